The molecule has 5 heteroatoms. The Hall–Kier alpha value is -2.92. The Balaban J connectivity index is 1.67. The molecule has 1 amide bonds. The number of nitrogens with zero attached hydrogens (tertiary/aromatic N) is 1. The summed E-state index contributed by atoms with van der Waals surface area (Å²) in [5.74, 6) is 0.577. The van der Waals surface area contributed by atoms with Gasteiger partial charge in [0.15, 0.2) is 5.13 Å². The topological polar surface area (TPSA) is 51.2 Å². The van der Waals surface area contributed by atoms with Crippen molar-refractivity contribution in [2.45, 2.75) is 26.7 Å². The van der Waals surface area contributed by atoms with Crippen LogP contribution in [0, 0.1) is 6.92 Å². The van der Waals surface area contributed by atoms with Crippen LogP contribution in [0.5, 0.6) is 5.75 Å². The number of carbonyl (C=O) groups is 1. The van der Waals surface area contributed by atoms with Crippen molar-refractivity contribution in [3.05, 3.63) is 71.1 Å². The van der Waals surface area contributed by atoms with Crippen molar-refractivity contribution in [1.82, 2.24) is 4.98 Å². The number of benzene rings is 2. The quantitative estimate of drug-likeness (QED) is 0.381. The third kappa shape index (κ3) is 5.30. The second-order valence-corrected chi connectivity index (χ2v) is 7.56. The Bertz CT molecular complexity index is 948. The van der Waals surface area contributed by atoms with Crippen LogP contribution in [0.4, 0.5) is 5.13 Å². The van der Waals surface area contributed by atoms with Crippen LogP contribution >= 0.6 is 11.3 Å². The Morgan fingerprint density at radius 1 is 1.14 bits per heavy atom. The number of hydrogen-bond acceptors (Lipinski definition) is 4. The zero-order chi connectivity index (χ0) is 19.8. The molecule has 3 rings (SSSR count). The third-order valence-corrected chi connectivity index (χ3v) is 5.05. The summed E-state index contributed by atoms with van der Waals surface area (Å²) in [5.41, 5.74) is 2.83. The van der Waals surface area contributed by atoms with Gasteiger partial charge in [-0.25, -0.2) is 4.98 Å². The molecule has 0 aliphatic heterocycles. The standard InChI is InChI=1S/C23H24N2O2S/c1-3-4-16-27-20-13-9-8-10-18(20)14-15-21(26)24-23-25-22(17(2)28-23)19-11-6-5-7-12-19/h5-15H,3-4,16H2,1-2H3,(H,24,25,26)/b15-14+. The molecule has 1 heterocycles. The SMILES string of the molecule is CCCCOc1ccccc1/C=C/C(=O)Nc1nc(-c2ccccc2)c(C)s1. The number of anilines is 1. The van der Waals surface area contributed by atoms with Gasteiger partial charge in [-0.3, -0.25) is 10.1 Å². The summed E-state index contributed by atoms with van der Waals surface area (Å²) in [7, 11) is 0. The summed E-state index contributed by atoms with van der Waals surface area (Å²) >= 11 is 1.47. The molecule has 0 saturated carbocycles. The summed E-state index contributed by atoms with van der Waals surface area (Å²) in [6, 6.07) is 17.7. The van der Waals surface area contributed by atoms with Gasteiger partial charge in [-0.15, -0.1) is 11.3 Å². The summed E-state index contributed by atoms with van der Waals surface area (Å²) in [6.45, 7) is 4.81. The van der Waals surface area contributed by atoms with Crippen molar-refractivity contribution in [1.29, 1.82) is 0 Å². The van der Waals surface area contributed by atoms with Crippen LogP contribution < -0.4 is 10.1 Å². The average Bonchev–Trinajstić information content (AvgIpc) is 3.08. The third-order valence-electron chi connectivity index (χ3n) is 4.16. The van der Waals surface area contributed by atoms with Crippen LogP contribution in [0.3, 0.4) is 0 Å². The largest absolute Gasteiger partial charge is 0.493 e. The van der Waals surface area contributed by atoms with Gasteiger partial charge < -0.3 is 4.74 Å². The Morgan fingerprint density at radius 2 is 1.89 bits per heavy atom. The molecule has 0 bridgehead atoms. The maximum atomic E-state index is 12.3. The molecule has 0 unspecified atom stereocenters. The minimum Gasteiger partial charge on any atom is -0.493 e. The van der Waals surface area contributed by atoms with Gasteiger partial charge >= 0.3 is 0 Å². The van der Waals surface area contributed by atoms with Crippen molar-refractivity contribution in [2.24, 2.45) is 0 Å². The molecule has 3 aromatic rings. The molecular weight excluding hydrogens is 368 g/mol. The maximum Gasteiger partial charge on any atom is 0.250 e. The van der Waals surface area contributed by atoms with Gasteiger partial charge in [-0.05, 0) is 25.5 Å². The van der Waals surface area contributed by atoms with Crippen LogP contribution in [0.15, 0.2) is 60.7 Å². The number of aromatic nitrogens is 1. The Labute approximate surface area is 169 Å². The number of thiazole rings is 1. The molecule has 1 N–H and O–H groups in total. The monoisotopic (exact) mass is 392 g/mol. The van der Waals surface area contributed by atoms with E-state index in [2.05, 4.69) is 17.2 Å². The van der Waals surface area contributed by atoms with E-state index in [1.165, 1.54) is 17.4 Å². The smallest absolute Gasteiger partial charge is 0.250 e. The summed E-state index contributed by atoms with van der Waals surface area (Å²) in [6.07, 6.45) is 5.38. The van der Waals surface area contributed by atoms with Crippen LogP contribution in [0.2, 0.25) is 0 Å². The van der Waals surface area contributed by atoms with Crippen LogP contribution in [0.1, 0.15) is 30.2 Å². The second kappa shape index (κ2) is 9.85. The van der Waals surface area contributed by atoms with Crippen LogP contribution in [0.25, 0.3) is 17.3 Å². The van der Waals surface area contributed by atoms with E-state index >= 15 is 0 Å². The number of para-hydroxylation sites is 1. The highest BCUT2D eigenvalue weighted by molar-refractivity contribution is 7.16. The molecule has 0 spiro atoms. The zero-order valence-electron chi connectivity index (χ0n) is 16.1. The zero-order valence-corrected chi connectivity index (χ0v) is 17.0. The molecule has 144 valence electrons. The van der Waals surface area contributed by atoms with Gasteiger partial charge in [0.1, 0.15) is 5.75 Å². The van der Waals surface area contributed by atoms with E-state index in [0.29, 0.717) is 11.7 Å². The number of rotatable bonds is 8. The lowest BCUT2D eigenvalue weighted by Gasteiger charge is -2.08. The summed E-state index contributed by atoms with van der Waals surface area (Å²) < 4.78 is 5.80. The van der Waals surface area contributed by atoms with Gasteiger partial charge in [0, 0.05) is 22.1 Å². The molecule has 2 aromatic carbocycles. The van der Waals surface area contributed by atoms with Crippen molar-refractivity contribution >= 4 is 28.5 Å². The normalized spacial score (nSPS) is 10.9. The van der Waals surface area contributed by atoms with E-state index in [0.717, 1.165) is 40.3 Å². The van der Waals surface area contributed by atoms with Crippen molar-refractivity contribution < 1.29 is 9.53 Å². The minimum atomic E-state index is -0.211. The molecule has 0 aliphatic carbocycles. The fraction of sp³-hybridized carbons (Fsp3) is 0.217. The van der Waals surface area contributed by atoms with Gasteiger partial charge in [0.05, 0.1) is 12.3 Å². The van der Waals surface area contributed by atoms with Crippen molar-refractivity contribution in [2.75, 3.05) is 11.9 Å². The highest BCUT2D eigenvalue weighted by Crippen LogP contribution is 2.30. The predicted octanol–water partition coefficient (Wildman–Crippen LogP) is 5.95. The van der Waals surface area contributed by atoms with E-state index < -0.39 is 0 Å². The fourth-order valence-corrected chi connectivity index (χ4v) is 3.54. The minimum absolute atomic E-state index is 0.211. The van der Waals surface area contributed by atoms with E-state index in [4.69, 9.17) is 4.74 Å². The Morgan fingerprint density at radius 3 is 2.68 bits per heavy atom. The van der Waals surface area contributed by atoms with Gasteiger partial charge in [-0.2, -0.15) is 0 Å². The van der Waals surface area contributed by atoms with E-state index in [1.54, 1.807) is 6.08 Å². The molecule has 1 aromatic heterocycles. The first-order valence-electron chi connectivity index (χ1n) is 9.41. The number of hydrogen-bond donors (Lipinski definition) is 1. The molecule has 4 nitrogen and oxygen atoms in total. The first-order chi connectivity index (χ1) is 13.7. The molecule has 0 atom stereocenters. The number of ether oxygens (including phenoxy) is 1. The van der Waals surface area contributed by atoms with Crippen molar-refractivity contribution in [3.63, 3.8) is 0 Å². The van der Waals surface area contributed by atoms with Gasteiger partial charge in [-0.1, -0.05) is 61.9 Å². The molecule has 0 radical (unpaired) electrons. The first kappa shape index (κ1) is 19.8. The molecule has 0 fully saturated rings. The number of aryl methyl sites for hydroxylation is 1. The predicted molar refractivity (Wildman–Crippen MR) is 117 cm³/mol. The number of amides is 1. The lowest BCUT2D eigenvalue weighted by atomic mass is 10.1. The molecule has 0 aliphatic rings. The lowest BCUT2D eigenvalue weighted by Crippen LogP contribution is -2.07. The highest BCUT2D eigenvalue weighted by atomic mass is 32.1. The number of carbonyl (C=O) groups excluding carboxylic acids is 1. The lowest BCUT2D eigenvalue weighted by molar-refractivity contribution is -0.111. The summed E-state index contributed by atoms with van der Waals surface area (Å²) in [5, 5.41) is 3.45. The number of nitrogens with one attached hydrogen (secondary N) is 1. The average molecular weight is 393 g/mol. The van der Waals surface area contributed by atoms with Gasteiger partial charge in [0.25, 0.3) is 0 Å². The summed E-state index contributed by atoms with van der Waals surface area (Å²) in [4.78, 5) is 18.0. The second-order valence-electron chi connectivity index (χ2n) is 6.35. The number of unbranched alkanes of at least 4 members (excludes halogenated alkanes) is 1. The van der Waals surface area contributed by atoms with Crippen LogP contribution in [-0.2, 0) is 4.79 Å². The van der Waals surface area contributed by atoms with Crippen molar-refractivity contribution in [3.8, 4) is 17.0 Å². The highest BCUT2D eigenvalue weighted by Gasteiger charge is 2.11. The molecule has 28 heavy (non-hydrogen) atoms. The molecule has 0 saturated heterocycles. The van der Waals surface area contributed by atoms with E-state index in [9.17, 15) is 4.79 Å². The van der Waals surface area contributed by atoms with E-state index in [1.807, 2.05) is 61.5 Å². The van der Waals surface area contributed by atoms with Crippen LogP contribution in [-0.4, -0.2) is 17.5 Å². The fourth-order valence-electron chi connectivity index (χ4n) is 2.70. The first-order valence-corrected chi connectivity index (χ1v) is 10.2. The van der Waals surface area contributed by atoms with Gasteiger partial charge in [0.2, 0.25) is 5.91 Å². The Kier molecular flexibility index (Phi) is 6.98. The van der Waals surface area contributed by atoms with E-state index in [-0.39, 0.29) is 5.91 Å². The maximum absolute atomic E-state index is 12.3. The molecular formula is C23H24N2O2S.